The summed E-state index contributed by atoms with van der Waals surface area (Å²) in [7, 11) is 3.60. The number of halogens is 3. The van der Waals surface area contributed by atoms with E-state index < -0.39 is 23.4 Å². The number of carbonyl (C=O) groups is 2. The van der Waals surface area contributed by atoms with Gasteiger partial charge in [0.05, 0.1) is 18.8 Å². The molecule has 3 aromatic rings. The first kappa shape index (κ1) is 33.4. The van der Waals surface area contributed by atoms with Gasteiger partial charge in [-0.2, -0.15) is 13.2 Å². The minimum Gasteiger partial charge on any atom is -0.444 e. The van der Waals surface area contributed by atoms with Gasteiger partial charge in [0, 0.05) is 76.5 Å². The second kappa shape index (κ2) is 13.0. The molecule has 0 radical (unpaired) electrons. The van der Waals surface area contributed by atoms with Crippen molar-refractivity contribution in [3.05, 3.63) is 76.4 Å². The van der Waals surface area contributed by atoms with E-state index in [1.807, 2.05) is 40.8 Å². The molecule has 0 bridgehead atoms. The molecule has 0 saturated carbocycles. The Bertz CT molecular complexity index is 1560. The lowest BCUT2D eigenvalue weighted by molar-refractivity contribution is -0.138. The van der Waals surface area contributed by atoms with E-state index in [0.717, 1.165) is 23.1 Å². The molecular formula is C33H41F3N6O4. The molecule has 13 heteroatoms. The SMILES string of the molecule is CN(Cc1c(C=O)cc(CN2CCN(C(=O)OC(C)(C)C)CC2)cc1C(F)(F)F)c1cccc(C2(Cc3nncn3C)COC2)c1. The fourth-order valence-corrected chi connectivity index (χ4v) is 5.95. The van der Waals surface area contributed by atoms with Crippen molar-refractivity contribution >= 4 is 18.1 Å². The molecule has 2 aliphatic rings. The van der Waals surface area contributed by atoms with Gasteiger partial charge in [-0.15, -0.1) is 10.2 Å². The molecule has 0 aliphatic carbocycles. The van der Waals surface area contributed by atoms with Gasteiger partial charge in [0.1, 0.15) is 24.0 Å². The number of benzene rings is 2. The lowest BCUT2D eigenvalue weighted by atomic mass is 9.75. The molecule has 248 valence electrons. The summed E-state index contributed by atoms with van der Waals surface area (Å²) in [5.74, 6) is 0.817. The van der Waals surface area contributed by atoms with Gasteiger partial charge in [0.25, 0.3) is 0 Å². The van der Waals surface area contributed by atoms with Crippen molar-refractivity contribution in [2.75, 3.05) is 51.3 Å². The third-order valence-electron chi connectivity index (χ3n) is 8.56. The Kier molecular flexibility index (Phi) is 9.46. The van der Waals surface area contributed by atoms with E-state index in [-0.39, 0.29) is 29.6 Å². The molecule has 0 atom stereocenters. The number of anilines is 1. The van der Waals surface area contributed by atoms with Crippen LogP contribution in [0.15, 0.2) is 42.7 Å². The fourth-order valence-electron chi connectivity index (χ4n) is 5.95. The molecule has 2 aromatic carbocycles. The Hall–Kier alpha value is -3.97. The zero-order valence-corrected chi connectivity index (χ0v) is 26.9. The van der Waals surface area contributed by atoms with Crippen molar-refractivity contribution in [3.63, 3.8) is 0 Å². The van der Waals surface area contributed by atoms with E-state index in [1.165, 1.54) is 0 Å². The minimum absolute atomic E-state index is 0.00589. The quantitative estimate of drug-likeness (QED) is 0.306. The summed E-state index contributed by atoms with van der Waals surface area (Å²) in [5.41, 5.74) is 0.290. The molecule has 1 aromatic heterocycles. The third kappa shape index (κ3) is 7.52. The maximum Gasteiger partial charge on any atom is 0.416 e. The summed E-state index contributed by atoms with van der Waals surface area (Å²) < 4.78 is 56.4. The first-order valence-corrected chi connectivity index (χ1v) is 15.3. The van der Waals surface area contributed by atoms with Gasteiger partial charge in [0.15, 0.2) is 0 Å². The van der Waals surface area contributed by atoms with Crippen LogP contribution in [-0.4, -0.2) is 89.0 Å². The summed E-state index contributed by atoms with van der Waals surface area (Å²) in [4.78, 5) is 29.9. The molecule has 0 N–H and O–H groups in total. The molecule has 1 amide bonds. The van der Waals surface area contributed by atoms with Crippen LogP contribution in [0.4, 0.5) is 23.7 Å². The maximum absolute atomic E-state index is 14.5. The highest BCUT2D eigenvalue weighted by Crippen LogP contribution is 2.38. The van der Waals surface area contributed by atoms with Gasteiger partial charge in [0.2, 0.25) is 0 Å². The number of rotatable bonds is 9. The predicted molar refractivity (Wildman–Crippen MR) is 166 cm³/mol. The van der Waals surface area contributed by atoms with Crippen molar-refractivity contribution in [2.24, 2.45) is 7.05 Å². The smallest absolute Gasteiger partial charge is 0.416 e. The minimum atomic E-state index is -4.66. The standard InChI is InChI=1S/C33H41F3N6O4/c1-31(2,3)46-30(44)42-11-9-41(10-12-42)17-23-13-24(19-43)27(28(14-23)33(34,35)36)18-39(4)26-8-6-7-25(15-26)32(20-45-21-32)16-29-38-37-22-40(29)5/h6-8,13-15,19,22H,9-12,16-18,20-21H2,1-5H3. The summed E-state index contributed by atoms with van der Waals surface area (Å²) >= 11 is 0. The Morgan fingerprint density at radius 3 is 2.39 bits per heavy atom. The number of alkyl halides is 3. The van der Waals surface area contributed by atoms with Crippen LogP contribution in [0.5, 0.6) is 0 Å². The maximum atomic E-state index is 14.5. The van der Waals surface area contributed by atoms with Crippen LogP contribution in [0.3, 0.4) is 0 Å². The molecule has 10 nitrogen and oxygen atoms in total. The second-order valence-corrected chi connectivity index (χ2v) is 13.3. The molecule has 46 heavy (non-hydrogen) atoms. The first-order chi connectivity index (χ1) is 21.7. The summed E-state index contributed by atoms with van der Waals surface area (Å²) in [6, 6.07) is 10.4. The van der Waals surface area contributed by atoms with Gasteiger partial charge < -0.3 is 23.8 Å². The van der Waals surface area contributed by atoms with Crippen molar-refractivity contribution < 1.29 is 32.2 Å². The van der Waals surface area contributed by atoms with E-state index in [1.54, 1.807) is 50.0 Å². The van der Waals surface area contributed by atoms with Crippen LogP contribution in [0.1, 0.15) is 59.2 Å². The van der Waals surface area contributed by atoms with Gasteiger partial charge in [-0.25, -0.2) is 4.79 Å². The lowest BCUT2D eigenvalue weighted by Crippen LogP contribution is -2.49. The summed E-state index contributed by atoms with van der Waals surface area (Å²) in [6.45, 7) is 8.24. The third-order valence-corrected chi connectivity index (χ3v) is 8.56. The number of hydrogen-bond donors (Lipinski definition) is 0. The van der Waals surface area contributed by atoms with Crippen LogP contribution in [0.2, 0.25) is 0 Å². The number of ether oxygens (including phenoxy) is 2. The van der Waals surface area contributed by atoms with E-state index in [9.17, 15) is 22.8 Å². The molecule has 2 aliphatic heterocycles. The number of aryl methyl sites for hydroxylation is 1. The number of amides is 1. The average Bonchev–Trinajstić information content (AvgIpc) is 3.38. The number of nitrogens with zero attached hydrogens (tertiary/aromatic N) is 6. The van der Waals surface area contributed by atoms with Gasteiger partial charge in [-0.3, -0.25) is 9.69 Å². The number of carbonyl (C=O) groups excluding carboxylic acids is 2. The molecule has 5 rings (SSSR count). The van der Waals surface area contributed by atoms with E-state index in [0.29, 0.717) is 57.7 Å². The Labute approximate surface area is 267 Å². The van der Waals surface area contributed by atoms with Gasteiger partial charge in [-0.05, 0) is 61.7 Å². The normalized spacial score (nSPS) is 17.0. The van der Waals surface area contributed by atoms with Crippen LogP contribution in [0.25, 0.3) is 0 Å². The monoisotopic (exact) mass is 642 g/mol. The Morgan fingerprint density at radius 2 is 1.83 bits per heavy atom. The first-order valence-electron chi connectivity index (χ1n) is 15.3. The van der Waals surface area contributed by atoms with E-state index in [4.69, 9.17) is 9.47 Å². The van der Waals surface area contributed by atoms with Crippen LogP contribution in [-0.2, 0) is 47.6 Å². The Balaban J connectivity index is 1.33. The predicted octanol–water partition coefficient (Wildman–Crippen LogP) is 4.85. The van der Waals surface area contributed by atoms with Gasteiger partial charge >= 0.3 is 12.3 Å². The van der Waals surface area contributed by atoms with Gasteiger partial charge in [-0.1, -0.05) is 12.1 Å². The van der Waals surface area contributed by atoms with Crippen LogP contribution < -0.4 is 4.90 Å². The largest absolute Gasteiger partial charge is 0.444 e. The number of piperazine rings is 1. The zero-order valence-electron chi connectivity index (χ0n) is 26.9. The van der Waals surface area contributed by atoms with Crippen molar-refractivity contribution in [3.8, 4) is 0 Å². The number of aromatic nitrogens is 3. The average molecular weight is 643 g/mol. The lowest BCUT2D eigenvalue weighted by Gasteiger charge is -2.42. The summed E-state index contributed by atoms with van der Waals surface area (Å²) in [5, 5.41) is 8.20. The Morgan fingerprint density at radius 1 is 1.11 bits per heavy atom. The van der Waals surface area contributed by atoms with Crippen LogP contribution >= 0.6 is 0 Å². The van der Waals surface area contributed by atoms with Crippen molar-refractivity contribution in [1.82, 2.24) is 24.6 Å². The zero-order chi connectivity index (χ0) is 33.3. The van der Waals surface area contributed by atoms with Crippen molar-refractivity contribution in [2.45, 2.75) is 57.5 Å². The highest BCUT2D eigenvalue weighted by Gasteiger charge is 2.42. The van der Waals surface area contributed by atoms with Crippen molar-refractivity contribution in [1.29, 1.82) is 0 Å². The van der Waals surface area contributed by atoms with E-state index >= 15 is 0 Å². The van der Waals surface area contributed by atoms with Crippen LogP contribution in [0, 0.1) is 0 Å². The fraction of sp³-hybridized carbons (Fsp3) is 0.515. The highest BCUT2D eigenvalue weighted by atomic mass is 19.4. The number of aldehydes is 1. The topological polar surface area (TPSA) is 93.0 Å². The van der Waals surface area contributed by atoms with E-state index in [2.05, 4.69) is 10.2 Å². The number of hydrogen-bond acceptors (Lipinski definition) is 8. The molecule has 0 unspecified atom stereocenters. The summed E-state index contributed by atoms with van der Waals surface area (Å²) in [6.07, 6.45) is -2.31. The molecule has 3 heterocycles. The molecule has 0 spiro atoms. The highest BCUT2D eigenvalue weighted by molar-refractivity contribution is 5.79. The molecule has 2 saturated heterocycles. The second-order valence-electron chi connectivity index (χ2n) is 13.3. The molecule has 2 fully saturated rings. The molecular weight excluding hydrogens is 601 g/mol.